The van der Waals surface area contributed by atoms with Gasteiger partial charge in [-0.3, -0.25) is 39.9 Å². The van der Waals surface area contributed by atoms with Gasteiger partial charge in [-0.05, 0) is 0 Å². The summed E-state index contributed by atoms with van der Waals surface area (Å²) in [4.78, 5) is 0. The molecule has 0 rings (SSSR count). The van der Waals surface area contributed by atoms with Crippen LogP contribution in [0.2, 0.25) is 0 Å². The molecule has 0 radical (unpaired) electrons. The SMILES string of the molecule is N.N.N=C(N)NN.N=C(N)NN.O=S(=O)(O)O.O=S(=O)(O)O. The highest BCUT2D eigenvalue weighted by molar-refractivity contribution is 7.80. The molecule has 0 aromatic carbocycles. The first-order valence-electron chi connectivity index (χ1n) is 3.55. The summed E-state index contributed by atoms with van der Waals surface area (Å²) in [5, 5.41) is 12.6. The Balaban J connectivity index is -0.0000000376. The van der Waals surface area contributed by atoms with Gasteiger partial charge in [0.25, 0.3) is 0 Å². The molecule has 0 aromatic rings. The standard InChI is InChI=1S/2CH6N4.2H3N.2H2O4S/c2*2-1(3)5-4;;;2*1-5(2,3)4/h2*4H2,(H4,2,3,5);2*1H3;2*(H2,1,2,3,4). The number of hydrazine groups is 2. The van der Waals surface area contributed by atoms with E-state index >= 15 is 0 Å². The van der Waals surface area contributed by atoms with Gasteiger partial charge < -0.3 is 23.8 Å². The molecule has 0 fully saturated rings. The van der Waals surface area contributed by atoms with Crippen LogP contribution in [0.3, 0.4) is 0 Å². The molecular formula is C2H22N10O8S2. The lowest BCUT2D eigenvalue weighted by Crippen LogP contribution is -2.35. The molecule has 0 saturated carbocycles. The second kappa shape index (κ2) is 19.1. The Bertz CT molecular complexity index is 397. The van der Waals surface area contributed by atoms with E-state index in [4.69, 9.17) is 45.9 Å². The van der Waals surface area contributed by atoms with Crippen molar-refractivity contribution in [1.82, 2.24) is 23.2 Å². The predicted molar refractivity (Wildman–Crippen MR) is 76.9 cm³/mol. The quantitative estimate of drug-likeness (QED) is 0.0622. The highest BCUT2D eigenvalue weighted by Gasteiger charge is 1.85. The molecular weight excluding hydrogens is 356 g/mol. The van der Waals surface area contributed by atoms with Crippen molar-refractivity contribution < 1.29 is 35.0 Å². The maximum Gasteiger partial charge on any atom is 0.394 e. The normalized spacial score (nSPS) is 8.27. The average Bonchev–Trinajstić information content (AvgIpc) is 2.13. The van der Waals surface area contributed by atoms with Crippen LogP contribution in [0.5, 0.6) is 0 Å². The van der Waals surface area contributed by atoms with Gasteiger partial charge >= 0.3 is 20.8 Å². The molecule has 0 heterocycles. The van der Waals surface area contributed by atoms with E-state index in [1.54, 1.807) is 0 Å². The molecule has 0 unspecified atom stereocenters. The maximum atomic E-state index is 8.74. The molecule has 22 heavy (non-hydrogen) atoms. The molecule has 140 valence electrons. The third-order valence-corrected chi connectivity index (χ3v) is 0.311. The van der Waals surface area contributed by atoms with Gasteiger partial charge in [0, 0.05) is 0 Å². The lowest BCUT2D eigenvalue weighted by Gasteiger charge is -1.85. The Morgan fingerprint density at radius 1 is 0.727 bits per heavy atom. The van der Waals surface area contributed by atoms with Crippen LogP contribution in [0.25, 0.3) is 0 Å². The van der Waals surface area contributed by atoms with Crippen molar-refractivity contribution >= 4 is 32.7 Å². The minimum absolute atomic E-state index is 0. The van der Waals surface area contributed by atoms with Gasteiger partial charge in [0.2, 0.25) is 0 Å². The zero-order chi connectivity index (χ0) is 17.6. The van der Waals surface area contributed by atoms with Crippen molar-refractivity contribution in [2.75, 3.05) is 0 Å². The van der Waals surface area contributed by atoms with Gasteiger partial charge in [-0.25, -0.2) is 11.7 Å². The fourth-order valence-corrected chi connectivity index (χ4v) is 0. The second-order valence-electron chi connectivity index (χ2n) is 2.01. The second-order valence-corrected chi connectivity index (χ2v) is 3.80. The minimum Gasteiger partial charge on any atom is -0.369 e. The number of guanidine groups is 2. The largest absolute Gasteiger partial charge is 0.394 e. The molecule has 0 atom stereocenters. The summed E-state index contributed by atoms with van der Waals surface area (Å²) >= 11 is 0. The van der Waals surface area contributed by atoms with Gasteiger partial charge in [0.1, 0.15) is 0 Å². The zero-order valence-electron chi connectivity index (χ0n) is 11.0. The summed E-state index contributed by atoms with van der Waals surface area (Å²) in [6, 6.07) is 0. The van der Waals surface area contributed by atoms with Crippen molar-refractivity contribution in [3.63, 3.8) is 0 Å². The lowest BCUT2D eigenvalue weighted by molar-refractivity contribution is 0.378. The van der Waals surface area contributed by atoms with Crippen molar-refractivity contribution in [3.05, 3.63) is 0 Å². The third kappa shape index (κ3) is 1180. The molecule has 0 amide bonds. The Hall–Kier alpha value is -1.88. The summed E-state index contributed by atoms with van der Waals surface area (Å²) in [5.74, 6) is 8.71. The van der Waals surface area contributed by atoms with Gasteiger partial charge in [0.05, 0.1) is 0 Å². The van der Waals surface area contributed by atoms with E-state index in [9.17, 15) is 0 Å². The molecule has 0 aromatic heterocycles. The Morgan fingerprint density at radius 3 is 0.773 bits per heavy atom. The first-order chi connectivity index (χ1) is 8.54. The number of hydrogen-bond acceptors (Lipinski definition) is 10. The summed E-state index contributed by atoms with van der Waals surface area (Å²) in [6.45, 7) is 0. The summed E-state index contributed by atoms with van der Waals surface area (Å²) in [7, 11) is -9.33. The van der Waals surface area contributed by atoms with Crippen LogP contribution in [0.4, 0.5) is 0 Å². The van der Waals surface area contributed by atoms with Crippen LogP contribution in [0.15, 0.2) is 0 Å². The van der Waals surface area contributed by atoms with Gasteiger partial charge in [-0.1, -0.05) is 0 Å². The van der Waals surface area contributed by atoms with E-state index < -0.39 is 20.8 Å². The average molecular weight is 378 g/mol. The molecule has 0 saturated heterocycles. The summed E-state index contributed by atoms with van der Waals surface area (Å²) in [6.07, 6.45) is 0. The maximum absolute atomic E-state index is 8.74. The molecule has 18 nitrogen and oxygen atoms in total. The highest BCUT2D eigenvalue weighted by atomic mass is 32.3. The lowest BCUT2D eigenvalue weighted by atomic mass is 11.1. The molecule has 20 heteroatoms. The molecule has 0 spiro atoms. The molecule has 0 aliphatic rings. The first kappa shape index (κ1) is 36.9. The van der Waals surface area contributed by atoms with Crippen LogP contribution in [-0.2, 0) is 20.8 Å². The van der Waals surface area contributed by atoms with Gasteiger partial charge in [-0.15, -0.1) is 0 Å². The van der Waals surface area contributed by atoms with Crippen LogP contribution >= 0.6 is 0 Å². The minimum atomic E-state index is -4.67. The van der Waals surface area contributed by atoms with E-state index in [1.807, 2.05) is 10.9 Å². The van der Waals surface area contributed by atoms with Crippen molar-refractivity contribution in [2.45, 2.75) is 0 Å². The smallest absolute Gasteiger partial charge is 0.369 e. The van der Waals surface area contributed by atoms with E-state index in [0.29, 0.717) is 0 Å². The third-order valence-electron chi connectivity index (χ3n) is 0.311. The van der Waals surface area contributed by atoms with Crippen molar-refractivity contribution in [3.8, 4) is 0 Å². The fourth-order valence-electron chi connectivity index (χ4n) is 0. The van der Waals surface area contributed by atoms with E-state index in [-0.39, 0.29) is 24.2 Å². The van der Waals surface area contributed by atoms with Crippen LogP contribution in [-0.4, -0.2) is 47.0 Å². The van der Waals surface area contributed by atoms with E-state index in [1.165, 1.54) is 0 Å². The van der Waals surface area contributed by atoms with Crippen LogP contribution in [0, 0.1) is 10.8 Å². The highest BCUT2D eigenvalue weighted by Crippen LogP contribution is 1.59. The number of nitrogens with one attached hydrogen (secondary N) is 4. The first-order valence-corrected chi connectivity index (χ1v) is 6.35. The molecule has 0 bridgehead atoms. The van der Waals surface area contributed by atoms with Gasteiger partial charge in [-0.2, -0.15) is 16.8 Å². The van der Waals surface area contributed by atoms with Crippen LogP contribution in [0.1, 0.15) is 0 Å². The molecule has 0 aliphatic carbocycles. The fraction of sp³-hybridized carbons (Fsp3) is 0. The Morgan fingerprint density at radius 2 is 0.773 bits per heavy atom. The Labute approximate surface area is 125 Å². The summed E-state index contributed by atoms with van der Waals surface area (Å²) < 4.78 is 63.2. The molecule has 22 N–H and O–H groups in total. The van der Waals surface area contributed by atoms with E-state index in [2.05, 4.69) is 23.2 Å². The number of nitrogens with two attached hydrogens (primary N) is 4. The summed E-state index contributed by atoms with van der Waals surface area (Å²) in [5.41, 5.74) is 13.1. The van der Waals surface area contributed by atoms with Gasteiger partial charge in [0.15, 0.2) is 11.9 Å². The zero-order valence-corrected chi connectivity index (χ0v) is 12.6. The topological polar surface area (TPSA) is 395 Å². The predicted octanol–water partition coefficient (Wildman–Crippen LogP) is -4.30. The number of hydrogen-bond donors (Lipinski definition) is 14. The van der Waals surface area contributed by atoms with Crippen molar-refractivity contribution in [2.24, 2.45) is 23.2 Å². The number of rotatable bonds is 0. The van der Waals surface area contributed by atoms with E-state index in [0.717, 1.165) is 0 Å². The Kier molecular flexibility index (Phi) is 32.1. The van der Waals surface area contributed by atoms with Crippen molar-refractivity contribution in [1.29, 1.82) is 10.8 Å². The van der Waals surface area contributed by atoms with Crippen LogP contribution < -0.4 is 46.3 Å². The molecule has 0 aliphatic heterocycles. The monoisotopic (exact) mass is 378 g/mol.